The third kappa shape index (κ3) is 1.77. The minimum atomic E-state index is -0.400. The van der Waals surface area contributed by atoms with Gasteiger partial charge in [0.25, 0.3) is 0 Å². The fraction of sp³-hybridized carbons (Fsp3) is 0.455. The third-order valence-corrected chi connectivity index (χ3v) is 3.16. The Morgan fingerprint density at radius 3 is 2.71 bits per heavy atom. The Bertz CT molecular complexity index is 340. The number of aliphatic hydroxyl groups is 1. The summed E-state index contributed by atoms with van der Waals surface area (Å²) >= 11 is 5.59. The molecule has 14 heavy (non-hydrogen) atoms. The van der Waals surface area contributed by atoms with Gasteiger partial charge < -0.3 is 5.11 Å². The molecule has 1 aromatic rings. The van der Waals surface area contributed by atoms with Crippen molar-refractivity contribution in [2.24, 2.45) is 0 Å². The molecule has 1 fully saturated rings. The molecule has 3 heteroatoms. The van der Waals surface area contributed by atoms with E-state index in [9.17, 15) is 9.50 Å². The lowest BCUT2D eigenvalue weighted by Crippen LogP contribution is -2.11. The molecule has 0 spiro atoms. The summed E-state index contributed by atoms with van der Waals surface area (Å²) in [4.78, 5) is 0. The van der Waals surface area contributed by atoms with Crippen LogP contribution in [0.15, 0.2) is 18.2 Å². The molecule has 0 aromatic heterocycles. The number of hydrogen-bond donors (Lipinski definition) is 1. The molecule has 2 rings (SSSR count). The molecule has 1 aromatic carbocycles. The van der Waals surface area contributed by atoms with Gasteiger partial charge in [-0.05, 0) is 30.5 Å². The minimum Gasteiger partial charge on any atom is -0.392 e. The Morgan fingerprint density at radius 1 is 1.36 bits per heavy atom. The second-order valence-corrected chi connectivity index (χ2v) is 4.19. The standard InChI is InChI=1S/C11H12ClFO/c12-9-5-4-7(6-10(9)13)8-2-1-3-11(8)14/h4-6,8,11,14H,1-3H2/t8-,11+/m1/s1. The van der Waals surface area contributed by atoms with Gasteiger partial charge in [0, 0.05) is 5.92 Å². The highest BCUT2D eigenvalue weighted by Crippen LogP contribution is 2.35. The zero-order valence-corrected chi connectivity index (χ0v) is 8.47. The highest BCUT2D eigenvalue weighted by Gasteiger charge is 2.26. The van der Waals surface area contributed by atoms with Crippen LogP contribution in [-0.2, 0) is 0 Å². The molecular weight excluding hydrogens is 203 g/mol. The van der Waals surface area contributed by atoms with Gasteiger partial charge >= 0.3 is 0 Å². The first-order valence-electron chi connectivity index (χ1n) is 4.81. The number of benzene rings is 1. The zero-order chi connectivity index (χ0) is 10.1. The largest absolute Gasteiger partial charge is 0.392 e. The summed E-state index contributed by atoms with van der Waals surface area (Å²) in [6, 6.07) is 4.78. The number of aliphatic hydroxyl groups excluding tert-OH is 1. The maximum absolute atomic E-state index is 13.1. The SMILES string of the molecule is O[C@H]1CCC[C@@H]1c1ccc(Cl)c(F)c1. The molecular formula is C11H12ClFO. The fourth-order valence-electron chi connectivity index (χ4n) is 2.07. The fourth-order valence-corrected chi connectivity index (χ4v) is 2.19. The van der Waals surface area contributed by atoms with E-state index in [0.717, 1.165) is 24.8 Å². The summed E-state index contributed by atoms with van der Waals surface area (Å²) in [7, 11) is 0. The Balaban J connectivity index is 2.28. The molecule has 0 unspecified atom stereocenters. The van der Waals surface area contributed by atoms with Crippen molar-refractivity contribution < 1.29 is 9.50 Å². The van der Waals surface area contributed by atoms with Crippen LogP contribution in [0, 0.1) is 5.82 Å². The second kappa shape index (κ2) is 3.87. The lowest BCUT2D eigenvalue weighted by molar-refractivity contribution is 0.163. The van der Waals surface area contributed by atoms with E-state index in [-0.39, 0.29) is 17.0 Å². The molecule has 1 aliphatic carbocycles. The number of hydrogen-bond acceptors (Lipinski definition) is 1. The van der Waals surface area contributed by atoms with Crippen LogP contribution < -0.4 is 0 Å². The molecule has 2 atom stereocenters. The predicted octanol–water partition coefficient (Wildman–Crippen LogP) is 3.11. The van der Waals surface area contributed by atoms with Gasteiger partial charge in [0.05, 0.1) is 11.1 Å². The summed E-state index contributed by atoms with van der Waals surface area (Å²) < 4.78 is 13.1. The van der Waals surface area contributed by atoms with Crippen molar-refractivity contribution in [2.45, 2.75) is 31.3 Å². The average molecular weight is 215 g/mol. The predicted molar refractivity (Wildman–Crippen MR) is 54.0 cm³/mol. The van der Waals surface area contributed by atoms with E-state index in [1.807, 2.05) is 0 Å². The van der Waals surface area contributed by atoms with Gasteiger partial charge in [-0.25, -0.2) is 4.39 Å². The molecule has 0 amide bonds. The van der Waals surface area contributed by atoms with Crippen molar-refractivity contribution in [3.63, 3.8) is 0 Å². The summed E-state index contributed by atoms with van der Waals surface area (Å²) in [5.41, 5.74) is 0.858. The van der Waals surface area contributed by atoms with E-state index < -0.39 is 5.82 Å². The van der Waals surface area contributed by atoms with Crippen LogP contribution in [-0.4, -0.2) is 11.2 Å². The van der Waals surface area contributed by atoms with Gasteiger partial charge in [0.1, 0.15) is 5.82 Å². The number of halogens is 2. The topological polar surface area (TPSA) is 20.2 Å². The Labute approximate surface area is 87.5 Å². The maximum atomic E-state index is 13.1. The molecule has 1 nitrogen and oxygen atoms in total. The molecule has 0 radical (unpaired) electrons. The first kappa shape index (κ1) is 9.94. The van der Waals surface area contributed by atoms with E-state index in [2.05, 4.69) is 0 Å². The molecule has 0 heterocycles. The van der Waals surface area contributed by atoms with Crippen LogP contribution in [0.5, 0.6) is 0 Å². The molecule has 0 bridgehead atoms. The Hall–Kier alpha value is -0.600. The van der Waals surface area contributed by atoms with E-state index in [0.29, 0.717) is 0 Å². The van der Waals surface area contributed by atoms with Crippen molar-refractivity contribution in [3.8, 4) is 0 Å². The van der Waals surface area contributed by atoms with E-state index in [4.69, 9.17) is 11.6 Å². The maximum Gasteiger partial charge on any atom is 0.142 e. The van der Waals surface area contributed by atoms with Crippen LogP contribution in [0.25, 0.3) is 0 Å². The third-order valence-electron chi connectivity index (χ3n) is 2.85. The summed E-state index contributed by atoms with van der Waals surface area (Å²) in [6.07, 6.45) is 2.43. The lowest BCUT2D eigenvalue weighted by Gasteiger charge is -2.14. The van der Waals surface area contributed by atoms with Gasteiger partial charge in [-0.1, -0.05) is 24.1 Å². The van der Waals surface area contributed by atoms with Crippen LogP contribution in [0.4, 0.5) is 4.39 Å². The average Bonchev–Trinajstić information content (AvgIpc) is 2.57. The van der Waals surface area contributed by atoms with Crippen molar-refractivity contribution in [3.05, 3.63) is 34.6 Å². The Kier molecular flexibility index (Phi) is 2.75. The van der Waals surface area contributed by atoms with Crippen molar-refractivity contribution >= 4 is 11.6 Å². The van der Waals surface area contributed by atoms with Crippen molar-refractivity contribution in [1.29, 1.82) is 0 Å². The van der Waals surface area contributed by atoms with Gasteiger partial charge in [0.2, 0.25) is 0 Å². The minimum absolute atomic E-state index is 0.0850. The first-order valence-corrected chi connectivity index (χ1v) is 5.19. The molecule has 0 saturated heterocycles. The normalized spacial score (nSPS) is 26.8. The molecule has 76 valence electrons. The smallest absolute Gasteiger partial charge is 0.142 e. The highest BCUT2D eigenvalue weighted by atomic mass is 35.5. The van der Waals surface area contributed by atoms with Gasteiger partial charge in [-0.2, -0.15) is 0 Å². The lowest BCUT2D eigenvalue weighted by atomic mass is 9.96. The summed E-state index contributed by atoms with van der Waals surface area (Å²) in [6.45, 7) is 0. The second-order valence-electron chi connectivity index (χ2n) is 3.78. The molecule has 1 saturated carbocycles. The van der Waals surface area contributed by atoms with E-state index in [1.54, 1.807) is 12.1 Å². The van der Waals surface area contributed by atoms with Gasteiger partial charge in [0.15, 0.2) is 0 Å². The quantitative estimate of drug-likeness (QED) is 0.762. The van der Waals surface area contributed by atoms with Gasteiger partial charge in [-0.3, -0.25) is 0 Å². The zero-order valence-electron chi connectivity index (χ0n) is 7.71. The van der Waals surface area contributed by atoms with Crippen LogP contribution in [0.1, 0.15) is 30.7 Å². The van der Waals surface area contributed by atoms with Crippen LogP contribution in [0.3, 0.4) is 0 Å². The Morgan fingerprint density at radius 2 is 2.14 bits per heavy atom. The highest BCUT2D eigenvalue weighted by molar-refractivity contribution is 6.30. The molecule has 1 N–H and O–H groups in total. The van der Waals surface area contributed by atoms with Crippen LogP contribution >= 0.6 is 11.6 Å². The summed E-state index contributed by atoms with van der Waals surface area (Å²) in [5.74, 6) is -0.315. The monoisotopic (exact) mass is 214 g/mol. The van der Waals surface area contributed by atoms with Gasteiger partial charge in [-0.15, -0.1) is 0 Å². The van der Waals surface area contributed by atoms with E-state index >= 15 is 0 Å². The van der Waals surface area contributed by atoms with Crippen molar-refractivity contribution in [1.82, 2.24) is 0 Å². The van der Waals surface area contributed by atoms with Crippen LogP contribution in [0.2, 0.25) is 5.02 Å². The first-order chi connectivity index (χ1) is 6.68. The van der Waals surface area contributed by atoms with E-state index in [1.165, 1.54) is 6.07 Å². The molecule has 0 aliphatic heterocycles. The number of rotatable bonds is 1. The summed E-state index contributed by atoms with van der Waals surface area (Å²) in [5, 5.41) is 9.79. The molecule has 1 aliphatic rings. The van der Waals surface area contributed by atoms with Crippen molar-refractivity contribution in [2.75, 3.05) is 0 Å².